The second-order valence-corrected chi connectivity index (χ2v) is 4.86. The van der Waals surface area contributed by atoms with Gasteiger partial charge in [-0.1, -0.05) is 32.6 Å². The van der Waals surface area contributed by atoms with Gasteiger partial charge in [0.05, 0.1) is 13.6 Å². The van der Waals surface area contributed by atoms with Gasteiger partial charge in [-0.05, 0) is 12.8 Å². The summed E-state index contributed by atoms with van der Waals surface area (Å²) in [4.78, 5) is 0. The molecule has 0 atom stereocenters. The van der Waals surface area contributed by atoms with E-state index in [0.29, 0.717) is 0 Å². The molecule has 17 heavy (non-hydrogen) atoms. The number of nitrogens with zero attached hydrogens (tertiary/aromatic N) is 2. The number of aromatic nitrogens is 2. The maximum absolute atomic E-state index is 2.38. The van der Waals surface area contributed by atoms with Gasteiger partial charge in [0.15, 0.2) is 0 Å². The summed E-state index contributed by atoms with van der Waals surface area (Å²) in [6, 6.07) is 0. The molecule has 0 bridgehead atoms. The lowest BCUT2D eigenvalue weighted by Gasteiger charge is -2.00. The number of imidazole rings is 1. The number of aryl methyl sites for hydroxylation is 2. The minimum Gasteiger partial charge on any atom is -1.00 e. The highest BCUT2D eigenvalue weighted by atomic mass is 79.9. The summed E-state index contributed by atoms with van der Waals surface area (Å²) in [5.41, 5.74) is 2.79. The number of rotatable bonds is 7. The molecule has 0 aliphatic carbocycles. The zero-order chi connectivity index (χ0) is 12.0. The molecule has 100 valence electrons. The topological polar surface area (TPSA) is 8.81 Å². The number of unbranched alkanes of at least 4 members (excludes halogenated alkanes) is 5. The van der Waals surface area contributed by atoms with E-state index in [1.165, 1.54) is 56.5 Å². The van der Waals surface area contributed by atoms with Crippen molar-refractivity contribution in [2.24, 2.45) is 7.05 Å². The molecule has 0 aliphatic rings. The summed E-state index contributed by atoms with van der Waals surface area (Å²) in [7, 11) is 2.13. The first-order chi connectivity index (χ1) is 7.66. The third-order valence-electron chi connectivity index (χ3n) is 3.55. The Morgan fingerprint density at radius 3 is 2.18 bits per heavy atom. The highest BCUT2D eigenvalue weighted by molar-refractivity contribution is 5.01. The van der Waals surface area contributed by atoms with E-state index in [9.17, 15) is 0 Å². The highest BCUT2D eigenvalue weighted by Crippen LogP contribution is 2.06. The van der Waals surface area contributed by atoms with E-state index < -0.39 is 0 Å². The quantitative estimate of drug-likeness (QED) is 0.506. The molecule has 0 radical (unpaired) electrons. The predicted octanol–water partition coefficient (Wildman–Crippen LogP) is 0.294. The van der Waals surface area contributed by atoms with Gasteiger partial charge in [0.25, 0.3) is 0 Å². The molecule has 0 spiro atoms. The Morgan fingerprint density at radius 2 is 1.65 bits per heavy atom. The monoisotopic (exact) mass is 302 g/mol. The van der Waals surface area contributed by atoms with Crippen LogP contribution in [0.2, 0.25) is 0 Å². The Balaban J connectivity index is 0.00000256. The second-order valence-electron chi connectivity index (χ2n) is 4.86. The normalized spacial score (nSPS) is 10.4. The molecule has 0 unspecified atom stereocenters. The van der Waals surface area contributed by atoms with Crippen LogP contribution in [0.5, 0.6) is 0 Å². The van der Waals surface area contributed by atoms with Crippen molar-refractivity contribution in [3.05, 3.63) is 17.7 Å². The lowest BCUT2D eigenvalue weighted by atomic mass is 10.1. The van der Waals surface area contributed by atoms with Gasteiger partial charge in [-0.2, -0.15) is 0 Å². The van der Waals surface area contributed by atoms with Crippen molar-refractivity contribution in [3.8, 4) is 0 Å². The van der Waals surface area contributed by atoms with Gasteiger partial charge in [0, 0.05) is 13.8 Å². The molecule has 1 heterocycles. The number of halogens is 1. The zero-order valence-electron chi connectivity index (χ0n) is 11.8. The Labute approximate surface area is 117 Å². The van der Waals surface area contributed by atoms with Crippen LogP contribution < -0.4 is 21.5 Å². The summed E-state index contributed by atoms with van der Waals surface area (Å²) in [5.74, 6) is 0. The molecule has 1 rings (SSSR count). The predicted molar refractivity (Wildman–Crippen MR) is 68.5 cm³/mol. The molecule has 0 N–H and O–H groups in total. The van der Waals surface area contributed by atoms with Gasteiger partial charge in [-0.15, -0.1) is 0 Å². The first kappa shape index (κ1) is 16.7. The van der Waals surface area contributed by atoms with E-state index >= 15 is 0 Å². The molecular weight excluding hydrogens is 276 g/mol. The van der Waals surface area contributed by atoms with Crippen LogP contribution in [0.15, 0.2) is 6.33 Å². The maximum Gasteiger partial charge on any atom is 0.243 e. The minimum atomic E-state index is 0. The van der Waals surface area contributed by atoms with Gasteiger partial charge < -0.3 is 17.0 Å². The Kier molecular flexibility index (Phi) is 8.57. The molecule has 0 saturated heterocycles. The largest absolute Gasteiger partial charge is 1.00 e. The summed E-state index contributed by atoms with van der Waals surface area (Å²) in [5, 5.41) is 0. The molecule has 3 heteroatoms. The van der Waals surface area contributed by atoms with E-state index in [2.05, 4.69) is 43.3 Å². The average Bonchev–Trinajstić information content (AvgIpc) is 2.51. The van der Waals surface area contributed by atoms with Crippen LogP contribution in [-0.2, 0) is 13.6 Å². The molecule has 0 amide bonds. The molecule has 1 aromatic heterocycles. The third kappa shape index (κ3) is 5.24. The summed E-state index contributed by atoms with van der Waals surface area (Å²) >= 11 is 0. The SMILES string of the molecule is CCCCCCCC[n+]1cn(C)c(C)c1C.[Br-]. The fourth-order valence-electron chi connectivity index (χ4n) is 2.13. The molecule has 0 aliphatic heterocycles. The van der Waals surface area contributed by atoms with E-state index in [1.807, 2.05) is 0 Å². The lowest BCUT2D eigenvalue weighted by molar-refractivity contribution is -0.702. The smallest absolute Gasteiger partial charge is 0.243 e. The van der Waals surface area contributed by atoms with E-state index in [-0.39, 0.29) is 17.0 Å². The van der Waals surface area contributed by atoms with Crippen LogP contribution in [0, 0.1) is 13.8 Å². The molecule has 0 saturated carbocycles. The van der Waals surface area contributed by atoms with Gasteiger partial charge in [-0.3, -0.25) is 0 Å². The molecule has 0 aromatic carbocycles. The first-order valence-electron chi connectivity index (χ1n) is 6.68. The summed E-state index contributed by atoms with van der Waals surface area (Å²) < 4.78 is 4.60. The van der Waals surface area contributed by atoms with Crippen molar-refractivity contribution < 1.29 is 21.5 Å². The van der Waals surface area contributed by atoms with Crippen molar-refractivity contribution >= 4 is 0 Å². The third-order valence-corrected chi connectivity index (χ3v) is 3.55. The van der Waals surface area contributed by atoms with Crippen molar-refractivity contribution in [1.29, 1.82) is 0 Å². The fourth-order valence-corrected chi connectivity index (χ4v) is 2.13. The molecule has 2 nitrogen and oxygen atoms in total. The molecular formula is C14H27BrN2. The fraction of sp³-hybridized carbons (Fsp3) is 0.786. The van der Waals surface area contributed by atoms with Crippen molar-refractivity contribution in [3.63, 3.8) is 0 Å². The second kappa shape index (κ2) is 8.73. The van der Waals surface area contributed by atoms with Crippen molar-refractivity contribution in [1.82, 2.24) is 4.57 Å². The number of hydrogen-bond acceptors (Lipinski definition) is 0. The van der Waals surface area contributed by atoms with Gasteiger partial charge in [-0.25, -0.2) is 9.13 Å². The summed E-state index contributed by atoms with van der Waals surface area (Å²) in [6.07, 6.45) is 10.5. The molecule has 1 aromatic rings. The maximum atomic E-state index is 2.38. The Bertz CT molecular complexity index is 318. The van der Waals surface area contributed by atoms with Gasteiger partial charge in [0.2, 0.25) is 6.33 Å². The van der Waals surface area contributed by atoms with E-state index in [4.69, 9.17) is 0 Å². The lowest BCUT2D eigenvalue weighted by Crippen LogP contribution is -3.00. The summed E-state index contributed by atoms with van der Waals surface area (Å²) in [6.45, 7) is 7.85. The van der Waals surface area contributed by atoms with Crippen LogP contribution in [0.1, 0.15) is 56.8 Å². The van der Waals surface area contributed by atoms with Crippen LogP contribution >= 0.6 is 0 Å². The molecule has 0 fully saturated rings. The Hall–Kier alpha value is -0.310. The van der Waals surface area contributed by atoms with E-state index in [0.717, 1.165) is 0 Å². The standard InChI is InChI=1S/C14H27N2.BrH/c1-5-6-7-8-9-10-11-16-12-15(4)13(2)14(16)3;/h12H,5-11H2,1-4H3;1H/q+1;/p-1. The van der Waals surface area contributed by atoms with Crippen LogP contribution in [0.4, 0.5) is 0 Å². The van der Waals surface area contributed by atoms with Crippen LogP contribution in [0.25, 0.3) is 0 Å². The Morgan fingerprint density at radius 1 is 1.06 bits per heavy atom. The zero-order valence-corrected chi connectivity index (χ0v) is 13.4. The van der Waals surface area contributed by atoms with Gasteiger partial charge >= 0.3 is 0 Å². The average molecular weight is 303 g/mol. The van der Waals surface area contributed by atoms with Crippen LogP contribution in [-0.4, -0.2) is 4.57 Å². The van der Waals surface area contributed by atoms with Crippen molar-refractivity contribution in [2.45, 2.75) is 65.8 Å². The van der Waals surface area contributed by atoms with E-state index in [1.54, 1.807) is 0 Å². The highest BCUT2D eigenvalue weighted by Gasteiger charge is 2.11. The van der Waals surface area contributed by atoms with Gasteiger partial charge in [0.1, 0.15) is 11.4 Å². The minimum absolute atomic E-state index is 0. The van der Waals surface area contributed by atoms with Crippen LogP contribution in [0.3, 0.4) is 0 Å². The first-order valence-corrected chi connectivity index (χ1v) is 6.68. The number of hydrogen-bond donors (Lipinski definition) is 0. The van der Waals surface area contributed by atoms with Crippen molar-refractivity contribution in [2.75, 3.05) is 0 Å².